The van der Waals surface area contributed by atoms with Crippen LogP contribution in [-0.4, -0.2) is 22.5 Å². The van der Waals surface area contributed by atoms with E-state index in [9.17, 15) is 0 Å². The number of fused-ring (bicyclic) bond motifs is 1. The van der Waals surface area contributed by atoms with Crippen molar-refractivity contribution in [2.75, 3.05) is 11.5 Å². The van der Waals surface area contributed by atoms with Gasteiger partial charge in [0.25, 0.3) is 0 Å². The third kappa shape index (κ3) is 3.04. The van der Waals surface area contributed by atoms with E-state index in [1.165, 1.54) is 29.9 Å². The van der Waals surface area contributed by atoms with Crippen molar-refractivity contribution in [2.45, 2.75) is 25.4 Å². The van der Waals surface area contributed by atoms with Gasteiger partial charge in [0.1, 0.15) is 0 Å². The molecule has 1 aliphatic rings. The molecule has 0 aliphatic carbocycles. The second-order valence-electron chi connectivity index (χ2n) is 4.90. The van der Waals surface area contributed by atoms with Crippen molar-refractivity contribution in [3.8, 4) is 0 Å². The molecule has 1 aliphatic heterocycles. The summed E-state index contributed by atoms with van der Waals surface area (Å²) in [6, 6.07) is 8.65. The average Bonchev–Trinajstić information content (AvgIpc) is 2.48. The number of thioether (sulfide) groups is 1. The largest absolute Gasteiger partial charge is 0.309 e. The molecule has 2 aromatic rings. The molecule has 2 heterocycles. The maximum absolute atomic E-state index is 6.21. The summed E-state index contributed by atoms with van der Waals surface area (Å²) >= 11 is 8.26. The summed E-state index contributed by atoms with van der Waals surface area (Å²) in [7, 11) is 0. The molecule has 1 atom stereocenters. The van der Waals surface area contributed by atoms with Crippen molar-refractivity contribution in [1.82, 2.24) is 10.3 Å². The summed E-state index contributed by atoms with van der Waals surface area (Å²) in [4.78, 5) is 4.48. The number of nitrogens with zero attached hydrogens (tertiary/aromatic N) is 1. The van der Waals surface area contributed by atoms with Gasteiger partial charge in [0, 0.05) is 34.9 Å². The first-order chi connectivity index (χ1) is 9.34. The smallest absolute Gasteiger partial charge is 0.0761 e. The Labute approximate surface area is 122 Å². The monoisotopic (exact) mass is 292 g/mol. The van der Waals surface area contributed by atoms with E-state index in [1.54, 1.807) is 0 Å². The first-order valence-electron chi connectivity index (χ1n) is 6.68. The highest BCUT2D eigenvalue weighted by Gasteiger charge is 2.13. The number of aromatic nitrogens is 1. The molecule has 4 heteroatoms. The van der Waals surface area contributed by atoms with E-state index in [1.807, 2.05) is 36.2 Å². The zero-order valence-corrected chi connectivity index (χ0v) is 12.3. The molecular formula is C15H17ClN2S. The molecule has 2 nitrogen and oxygen atoms in total. The Morgan fingerprint density at radius 3 is 3.16 bits per heavy atom. The fourth-order valence-corrected chi connectivity index (χ4v) is 3.82. The number of hydrogen-bond acceptors (Lipinski definition) is 3. The van der Waals surface area contributed by atoms with Crippen molar-refractivity contribution in [1.29, 1.82) is 0 Å². The summed E-state index contributed by atoms with van der Waals surface area (Å²) in [6.45, 7) is 0.871. The molecule has 0 radical (unpaired) electrons. The van der Waals surface area contributed by atoms with Gasteiger partial charge in [-0.25, -0.2) is 0 Å². The van der Waals surface area contributed by atoms with Gasteiger partial charge >= 0.3 is 0 Å². The van der Waals surface area contributed by atoms with Crippen molar-refractivity contribution < 1.29 is 0 Å². The number of benzene rings is 1. The highest BCUT2D eigenvalue weighted by molar-refractivity contribution is 7.99. The molecule has 1 saturated heterocycles. The number of rotatable bonds is 3. The summed E-state index contributed by atoms with van der Waals surface area (Å²) in [6.07, 6.45) is 4.44. The molecule has 0 bridgehead atoms. The van der Waals surface area contributed by atoms with Crippen LogP contribution in [-0.2, 0) is 6.54 Å². The van der Waals surface area contributed by atoms with Crippen molar-refractivity contribution in [3.05, 3.63) is 41.0 Å². The van der Waals surface area contributed by atoms with Crippen molar-refractivity contribution in [2.24, 2.45) is 0 Å². The normalized spacial score (nSPS) is 19.7. The predicted octanol–water partition coefficient (Wildman–Crippen LogP) is 3.87. The molecular weight excluding hydrogens is 276 g/mol. The number of pyridine rings is 1. The van der Waals surface area contributed by atoms with Crippen LogP contribution in [0, 0.1) is 0 Å². The minimum Gasteiger partial charge on any atom is -0.309 e. The molecule has 1 aromatic heterocycles. The maximum atomic E-state index is 6.21. The van der Waals surface area contributed by atoms with E-state index in [-0.39, 0.29) is 0 Å². The van der Waals surface area contributed by atoms with Gasteiger partial charge in [0.05, 0.1) is 5.52 Å². The Kier molecular flexibility index (Phi) is 4.26. The number of nitrogens with one attached hydrogen (secondary N) is 1. The lowest BCUT2D eigenvalue weighted by Crippen LogP contribution is -2.33. The van der Waals surface area contributed by atoms with E-state index in [0.29, 0.717) is 6.04 Å². The number of halogens is 1. The molecule has 1 N–H and O–H groups in total. The molecule has 0 spiro atoms. The SMILES string of the molecule is Clc1ccc(CNC2CCCSC2)c2ncccc12. The average molecular weight is 293 g/mol. The molecule has 1 fully saturated rings. The molecule has 3 rings (SSSR count). The Hall–Kier alpha value is -0.770. The lowest BCUT2D eigenvalue weighted by Gasteiger charge is -2.22. The summed E-state index contributed by atoms with van der Waals surface area (Å²) in [5.74, 6) is 2.53. The van der Waals surface area contributed by atoms with Crippen LogP contribution in [0.15, 0.2) is 30.5 Å². The molecule has 0 saturated carbocycles. The van der Waals surface area contributed by atoms with Crippen molar-refractivity contribution in [3.63, 3.8) is 0 Å². The van der Waals surface area contributed by atoms with Gasteiger partial charge in [-0.05, 0) is 42.4 Å². The third-order valence-corrected chi connectivity index (χ3v) is 5.09. The molecule has 19 heavy (non-hydrogen) atoms. The first kappa shape index (κ1) is 13.2. The van der Waals surface area contributed by atoms with E-state index in [2.05, 4.69) is 16.4 Å². The minimum absolute atomic E-state index is 0.633. The van der Waals surface area contributed by atoms with Crippen LogP contribution < -0.4 is 5.32 Å². The predicted molar refractivity (Wildman–Crippen MR) is 83.9 cm³/mol. The molecule has 1 unspecified atom stereocenters. The van der Waals surface area contributed by atoms with Gasteiger partial charge in [-0.3, -0.25) is 4.98 Å². The first-order valence-corrected chi connectivity index (χ1v) is 8.21. The summed E-state index contributed by atoms with van der Waals surface area (Å²) in [5.41, 5.74) is 2.25. The van der Waals surface area contributed by atoms with E-state index >= 15 is 0 Å². The standard InChI is InChI=1S/C15H17ClN2S/c16-14-6-5-11(15-13(14)4-1-7-17-15)9-18-12-3-2-8-19-10-12/h1,4-7,12,18H,2-3,8-10H2. The molecule has 0 amide bonds. The zero-order valence-electron chi connectivity index (χ0n) is 10.7. The van der Waals surface area contributed by atoms with Gasteiger partial charge in [-0.15, -0.1) is 0 Å². The third-order valence-electron chi connectivity index (χ3n) is 3.54. The van der Waals surface area contributed by atoms with Gasteiger partial charge in [0.15, 0.2) is 0 Å². The van der Waals surface area contributed by atoms with Gasteiger partial charge in [-0.2, -0.15) is 11.8 Å². The van der Waals surface area contributed by atoms with Crippen LogP contribution in [0.25, 0.3) is 10.9 Å². The Balaban J connectivity index is 1.79. The lowest BCUT2D eigenvalue weighted by atomic mass is 10.1. The topological polar surface area (TPSA) is 24.9 Å². The highest BCUT2D eigenvalue weighted by Crippen LogP contribution is 2.25. The zero-order chi connectivity index (χ0) is 13.1. The fourth-order valence-electron chi connectivity index (χ4n) is 2.50. The van der Waals surface area contributed by atoms with Crippen LogP contribution in [0.1, 0.15) is 18.4 Å². The van der Waals surface area contributed by atoms with Crippen LogP contribution in [0.2, 0.25) is 5.02 Å². The van der Waals surface area contributed by atoms with Crippen LogP contribution >= 0.6 is 23.4 Å². The van der Waals surface area contributed by atoms with E-state index in [4.69, 9.17) is 11.6 Å². The Morgan fingerprint density at radius 2 is 2.32 bits per heavy atom. The fraction of sp³-hybridized carbons (Fsp3) is 0.400. The van der Waals surface area contributed by atoms with Gasteiger partial charge in [0.2, 0.25) is 0 Å². The van der Waals surface area contributed by atoms with Crippen LogP contribution in [0.5, 0.6) is 0 Å². The quantitative estimate of drug-likeness (QED) is 0.929. The van der Waals surface area contributed by atoms with Gasteiger partial charge < -0.3 is 5.32 Å². The minimum atomic E-state index is 0.633. The van der Waals surface area contributed by atoms with Gasteiger partial charge in [-0.1, -0.05) is 17.7 Å². The van der Waals surface area contributed by atoms with Crippen molar-refractivity contribution >= 4 is 34.3 Å². The Morgan fingerprint density at radius 1 is 1.37 bits per heavy atom. The summed E-state index contributed by atoms with van der Waals surface area (Å²) < 4.78 is 0. The van der Waals surface area contributed by atoms with E-state index < -0.39 is 0 Å². The molecule has 1 aromatic carbocycles. The van der Waals surface area contributed by atoms with Crippen LogP contribution in [0.4, 0.5) is 0 Å². The molecule has 100 valence electrons. The second kappa shape index (κ2) is 6.12. The Bertz CT molecular complexity index is 567. The van der Waals surface area contributed by atoms with E-state index in [0.717, 1.165) is 22.5 Å². The highest BCUT2D eigenvalue weighted by atomic mass is 35.5. The van der Waals surface area contributed by atoms with Crippen LogP contribution in [0.3, 0.4) is 0 Å². The number of hydrogen-bond donors (Lipinski definition) is 1. The summed E-state index contributed by atoms with van der Waals surface area (Å²) in [5, 5.41) is 5.47. The maximum Gasteiger partial charge on any atom is 0.0761 e. The second-order valence-corrected chi connectivity index (χ2v) is 6.46. The lowest BCUT2D eigenvalue weighted by molar-refractivity contribution is 0.508.